The Kier molecular flexibility index (Phi) is 6.28. The highest BCUT2D eigenvalue weighted by molar-refractivity contribution is 5.93. The summed E-state index contributed by atoms with van der Waals surface area (Å²) in [5.74, 6) is 1.75. The number of carbonyl (C=O) groups is 1. The lowest BCUT2D eigenvalue weighted by Gasteiger charge is -2.33. The molecule has 1 aliphatic heterocycles. The number of hydrogen-bond donors (Lipinski definition) is 0. The van der Waals surface area contributed by atoms with Crippen molar-refractivity contribution in [3.63, 3.8) is 0 Å². The molecular weight excluding hydrogens is 446 g/mol. The molecule has 35 heavy (non-hydrogen) atoms. The maximum Gasteiger partial charge on any atom is 0.276 e. The van der Waals surface area contributed by atoms with Crippen LogP contribution >= 0.6 is 0 Å². The zero-order valence-electron chi connectivity index (χ0n) is 20.0. The zero-order valence-corrected chi connectivity index (χ0v) is 20.0. The van der Waals surface area contributed by atoms with E-state index < -0.39 is 0 Å². The van der Waals surface area contributed by atoms with Gasteiger partial charge in [-0.1, -0.05) is 46.3 Å². The second-order valence-corrected chi connectivity index (χ2v) is 8.58. The van der Waals surface area contributed by atoms with E-state index in [-0.39, 0.29) is 5.91 Å². The van der Waals surface area contributed by atoms with Crippen LogP contribution in [0.1, 0.15) is 27.6 Å². The molecule has 180 valence electrons. The van der Waals surface area contributed by atoms with Crippen molar-refractivity contribution < 1.29 is 14.1 Å². The molecule has 0 radical (unpaired) electrons. The first-order valence-corrected chi connectivity index (χ1v) is 11.5. The summed E-state index contributed by atoms with van der Waals surface area (Å²) in [5, 5.41) is 12.5. The van der Waals surface area contributed by atoms with Crippen molar-refractivity contribution in [2.24, 2.45) is 0 Å². The summed E-state index contributed by atoms with van der Waals surface area (Å²) >= 11 is 0. The lowest BCUT2D eigenvalue weighted by Crippen LogP contribution is -2.48. The summed E-state index contributed by atoms with van der Waals surface area (Å²) in [6, 6.07) is 15.5. The van der Waals surface area contributed by atoms with Gasteiger partial charge in [-0.3, -0.25) is 9.69 Å². The van der Waals surface area contributed by atoms with E-state index in [1.54, 1.807) is 11.8 Å². The predicted molar refractivity (Wildman–Crippen MR) is 128 cm³/mol. The number of carbonyl (C=O) groups excluding carboxylic acids is 1. The molecule has 2 aromatic carbocycles. The van der Waals surface area contributed by atoms with Gasteiger partial charge in [-0.15, -0.1) is 5.10 Å². The summed E-state index contributed by atoms with van der Waals surface area (Å²) in [6.45, 7) is 7.02. The molecule has 10 nitrogen and oxygen atoms in total. The SMILES string of the molecule is COc1cccc(-n2nnc(C(=O)N3CCN(Cc4nc(-c5ccc(C)cc5)no4)CC3)c2C)c1. The molecule has 5 rings (SSSR count). The fourth-order valence-corrected chi connectivity index (χ4v) is 4.10. The van der Waals surface area contributed by atoms with Crippen LogP contribution in [0.4, 0.5) is 0 Å². The highest BCUT2D eigenvalue weighted by Gasteiger charge is 2.27. The van der Waals surface area contributed by atoms with E-state index in [9.17, 15) is 4.79 Å². The smallest absolute Gasteiger partial charge is 0.276 e. The Morgan fingerprint density at radius 3 is 2.57 bits per heavy atom. The van der Waals surface area contributed by atoms with Gasteiger partial charge in [-0.2, -0.15) is 4.98 Å². The number of methoxy groups -OCH3 is 1. The molecule has 0 aliphatic carbocycles. The Balaban J connectivity index is 1.20. The lowest BCUT2D eigenvalue weighted by molar-refractivity contribution is 0.0608. The molecule has 0 spiro atoms. The fraction of sp³-hybridized carbons (Fsp3) is 0.320. The van der Waals surface area contributed by atoms with Crippen LogP contribution in [0.3, 0.4) is 0 Å². The van der Waals surface area contributed by atoms with Crippen LogP contribution < -0.4 is 4.74 Å². The van der Waals surface area contributed by atoms with Crippen molar-refractivity contribution in [1.82, 2.24) is 34.9 Å². The van der Waals surface area contributed by atoms with Gasteiger partial charge in [0.05, 0.1) is 25.0 Å². The molecule has 1 fully saturated rings. The van der Waals surface area contributed by atoms with Gasteiger partial charge in [-0.05, 0) is 26.0 Å². The van der Waals surface area contributed by atoms with E-state index in [0.717, 1.165) is 11.3 Å². The molecule has 10 heteroatoms. The Labute approximate surface area is 203 Å². The molecule has 1 saturated heterocycles. The number of aromatic nitrogens is 5. The first-order valence-electron chi connectivity index (χ1n) is 11.5. The molecule has 1 amide bonds. The largest absolute Gasteiger partial charge is 0.497 e. The van der Waals surface area contributed by atoms with Crippen LogP contribution in [0.2, 0.25) is 0 Å². The van der Waals surface area contributed by atoms with E-state index in [0.29, 0.717) is 61.6 Å². The predicted octanol–water partition coefficient (Wildman–Crippen LogP) is 2.90. The van der Waals surface area contributed by atoms with Crippen molar-refractivity contribution in [3.05, 3.63) is 71.4 Å². The number of hydrogen-bond acceptors (Lipinski definition) is 8. The van der Waals surface area contributed by atoms with Crippen LogP contribution in [0, 0.1) is 13.8 Å². The Morgan fingerprint density at radius 2 is 1.83 bits per heavy atom. The summed E-state index contributed by atoms with van der Waals surface area (Å²) in [4.78, 5) is 21.7. The zero-order chi connectivity index (χ0) is 24.4. The minimum atomic E-state index is -0.115. The number of ether oxygens (including phenoxy) is 1. The van der Waals surface area contributed by atoms with Crippen molar-refractivity contribution in [3.8, 4) is 22.8 Å². The van der Waals surface area contributed by atoms with E-state index in [1.807, 2.05) is 67.3 Å². The third-order valence-electron chi connectivity index (χ3n) is 6.19. The van der Waals surface area contributed by atoms with Crippen molar-refractivity contribution in [2.45, 2.75) is 20.4 Å². The topological polar surface area (TPSA) is 102 Å². The average Bonchev–Trinajstić information content (AvgIpc) is 3.51. The minimum Gasteiger partial charge on any atom is -0.497 e. The van der Waals surface area contributed by atoms with Gasteiger partial charge in [0.15, 0.2) is 5.69 Å². The molecule has 0 atom stereocenters. The Bertz CT molecular complexity index is 1320. The third-order valence-corrected chi connectivity index (χ3v) is 6.19. The molecule has 4 aromatic rings. The molecule has 2 aromatic heterocycles. The molecule has 0 N–H and O–H groups in total. The number of amides is 1. The molecule has 0 bridgehead atoms. The average molecular weight is 474 g/mol. The molecular formula is C25H27N7O3. The molecule has 1 aliphatic rings. The van der Waals surface area contributed by atoms with Gasteiger partial charge in [0.1, 0.15) is 5.75 Å². The summed E-state index contributed by atoms with van der Waals surface area (Å²) in [7, 11) is 1.61. The van der Waals surface area contributed by atoms with E-state index in [1.165, 1.54) is 5.56 Å². The standard InChI is InChI=1S/C25H27N7O3/c1-17-7-9-19(10-8-17)24-26-22(35-28-24)16-30-11-13-31(14-12-30)25(33)23-18(2)32(29-27-23)20-5-4-6-21(15-20)34-3/h4-10,15H,11-14,16H2,1-3H3. The number of piperazine rings is 1. The van der Waals surface area contributed by atoms with E-state index in [2.05, 4.69) is 25.4 Å². The highest BCUT2D eigenvalue weighted by Crippen LogP contribution is 2.20. The maximum absolute atomic E-state index is 13.2. The highest BCUT2D eigenvalue weighted by atomic mass is 16.5. The van der Waals surface area contributed by atoms with Gasteiger partial charge in [0.25, 0.3) is 5.91 Å². The summed E-state index contributed by atoms with van der Waals surface area (Å²) < 4.78 is 12.4. The van der Waals surface area contributed by atoms with Gasteiger partial charge in [-0.25, -0.2) is 4.68 Å². The molecule has 3 heterocycles. The lowest BCUT2D eigenvalue weighted by atomic mass is 10.1. The number of benzene rings is 2. The van der Waals surface area contributed by atoms with Crippen LogP contribution in [0.25, 0.3) is 17.1 Å². The number of aryl methyl sites for hydroxylation is 1. The molecule has 0 saturated carbocycles. The van der Waals surface area contributed by atoms with Gasteiger partial charge in [0, 0.05) is 37.8 Å². The number of nitrogens with zero attached hydrogens (tertiary/aromatic N) is 7. The maximum atomic E-state index is 13.2. The van der Waals surface area contributed by atoms with Crippen molar-refractivity contribution in [2.75, 3.05) is 33.3 Å². The second-order valence-electron chi connectivity index (χ2n) is 8.58. The Hall–Kier alpha value is -4.05. The van der Waals surface area contributed by atoms with Gasteiger partial charge in [0.2, 0.25) is 11.7 Å². The Morgan fingerprint density at radius 1 is 1.06 bits per heavy atom. The first-order chi connectivity index (χ1) is 17.0. The van der Waals surface area contributed by atoms with Gasteiger partial charge < -0.3 is 14.2 Å². The van der Waals surface area contributed by atoms with E-state index in [4.69, 9.17) is 9.26 Å². The second kappa shape index (κ2) is 9.67. The van der Waals surface area contributed by atoms with Gasteiger partial charge >= 0.3 is 0 Å². The van der Waals surface area contributed by atoms with Crippen LogP contribution in [0.15, 0.2) is 53.1 Å². The summed E-state index contributed by atoms with van der Waals surface area (Å²) in [5.41, 5.74) is 3.96. The quantitative estimate of drug-likeness (QED) is 0.421. The first kappa shape index (κ1) is 22.7. The number of rotatable bonds is 6. The third kappa shape index (κ3) is 4.78. The monoisotopic (exact) mass is 473 g/mol. The van der Waals surface area contributed by atoms with Crippen LogP contribution in [-0.2, 0) is 6.54 Å². The van der Waals surface area contributed by atoms with Crippen LogP contribution in [0.5, 0.6) is 5.75 Å². The minimum absolute atomic E-state index is 0.115. The van der Waals surface area contributed by atoms with Crippen molar-refractivity contribution >= 4 is 5.91 Å². The fourth-order valence-electron chi connectivity index (χ4n) is 4.10. The summed E-state index contributed by atoms with van der Waals surface area (Å²) in [6.07, 6.45) is 0. The van der Waals surface area contributed by atoms with Crippen LogP contribution in [-0.4, -0.2) is 74.1 Å². The molecule has 0 unspecified atom stereocenters. The van der Waals surface area contributed by atoms with E-state index >= 15 is 0 Å². The normalized spacial score (nSPS) is 14.3. The van der Waals surface area contributed by atoms with Crippen molar-refractivity contribution in [1.29, 1.82) is 0 Å².